The highest BCUT2D eigenvalue weighted by molar-refractivity contribution is 7.13. The zero-order chi connectivity index (χ0) is 24.6. The molecule has 0 radical (unpaired) electrons. The number of aromatic amines is 1. The molecule has 10 nitrogen and oxygen atoms in total. The quantitative estimate of drug-likeness (QED) is 0.366. The number of pyridine rings is 1. The van der Waals surface area contributed by atoms with Gasteiger partial charge in [-0.25, -0.2) is 19.7 Å². The highest BCUT2D eigenvalue weighted by atomic mass is 32.1. The Bertz CT molecular complexity index is 1410. The second-order valence-corrected chi connectivity index (χ2v) is 10.0. The van der Waals surface area contributed by atoms with Gasteiger partial charge in [0.1, 0.15) is 23.4 Å². The van der Waals surface area contributed by atoms with E-state index in [1.165, 1.54) is 17.7 Å². The molecule has 5 heterocycles. The number of hydrogen-bond donors (Lipinski definition) is 3. The van der Waals surface area contributed by atoms with Gasteiger partial charge in [0, 0.05) is 25.0 Å². The Hall–Kier alpha value is -3.99. The summed E-state index contributed by atoms with van der Waals surface area (Å²) in [4.78, 5) is 35.2. The number of H-pyrrole nitrogens is 1. The van der Waals surface area contributed by atoms with Crippen molar-refractivity contribution in [2.45, 2.75) is 32.8 Å². The molecule has 1 aliphatic heterocycles. The Morgan fingerprint density at radius 1 is 1.23 bits per heavy atom. The molecule has 0 atom stereocenters. The lowest BCUT2D eigenvalue weighted by molar-refractivity contribution is 0.0270. The van der Waals surface area contributed by atoms with Crippen LogP contribution in [0.25, 0.3) is 27.0 Å². The van der Waals surface area contributed by atoms with Crippen molar-refractivity contribution in [2.75, 3.05) is 18.4 Å². The van der Waals surface area contributed by atoms with E-state index in [2.05, 4.69) is 30.2 Å². The van der Waals surface area contributed by atoms with Crippen molar-refractivity contribution in [1.82, 2.24) is 29.8 Å². The third kappa shape index (κ3) is 4.94. The number of nitrogens with one attached hydrogen (secondary N) is 2. The van der Waals surface area contributed by atoms with Crippen LogP contribution >= 0.6 is 11.3 Å². The Balaban J connectivity index is 1.37. The van der Waals surface area contributed by atoms with Crippen molar-refractivity contribution in [2.24, 2.45) is 0 Å². The first-order valence-corrected chi connectivity index (χ1v) is 12.0. The molecule has 4 aromatic heterocycles. The molecule has 4 aromatic rings. The lowest BCUT2D eigenvalue weighted by atomic mass is 10.1. The van der Waals surface area contributed by atoms with Gasteiger partial charge in [0.15, 0.2) is 0 Å². The average Bonchev–Trinajstić information content (AvgIpc) is 3.50. The number of rotatable bonds is 4. The van der Waals surface area contributed by atoms with Crippen molar-refractivity contribution >= 4 is 45.5 Å². The standard InChI is InChI=1S/C24H25N7O3S/c1-24(2,3)34-23(33)31-6-4-14(5-7-31)18-9-17-20(27-12-28-21(17)30-18)29-15-8-16(22(32)26-10-15)19-11-25-13-35-19/h4,8-13H,5-7H2,1-3H3,(H,26,32)(H2,27,28,29,30). The van der Waals surface area contributed by atoms with Crippen LogP contribution in [0.15, 0.2) is 42.4 Å². The third-order valence-corrected chi connectivity index (χ3v) is 6.27. The summed E-state index contributed by atoms with van der Waals surface area (Å²) in [6.45, 7) is 6.65. The largest absolute Gasteiger partial charge is 0.493 e. The molecule has 1 aliphatic rings. The monoisotopic (exact) mass is 491 g/mol. The van der Waals surface area contributed by atoms with Crippen molar-refractivity contribution < 1.29 is 14.6 Å². The zero-order valence-corrected chi connectivity index (χ0v) is 20.4. The van der Waals surface area contributed by atoms with E-state index in [4.69, 9.17) is 4.74 Å². The number of ether oxygens (including phenoxy) is 1. The summed E-state index contributed by atoms with van der Waals surface area (Å²) >= 11 is 1.42. The maximum atomic E-state index is 12.4. The normalized spacial score (nSPS) is 14.1. The van der Waals surface area contributed by atoms with Gasteiger partial charge < -0.3 is 25.0 Å². The fourth-order valence-electron chi connectivity index (χ4n) is 3.81. The van der Waals surface area contributed by atoms with Gasteiger partial charge in [-0.3, -0.25) is 4.98 Å². The van der Waals surface area contributed by atoms with E-state index in [1.54, 1.807) is 22.8 Å². The van der Waals surface area contributed by atoms with E-state index < -0.39 is 5.60 Å². The molecule has 35 heavy (non-hydrogen) atoms. The lowest BCUT2D eigenvalue weighted by Gasteiger charge is -2.29. The topological polar surface area (TPSA) is 129 Å². The summed E-state index contributed by atoms with van der Waals surface area (Å²) < 4.78 is 5.48. The fourth-order valence-corrected chi connectivity index (χ4v) is 4.45. The summed E-state index contributed by atoms with van der Waals surface area (Å²) in [6, 6.07) is 3.82. The Morgan fingerprint density at radius 3 is 2.80 bits per heavy atom. The minimum atomic E-state index is -0.519. The molecule has 0 saturated heterocycles. The van der Waals surface area contributed by atoms with Crippen molar-refractivity contribution in [3.05, 3.63) is 48.1 Å². The predicted octanol–water partition coefficient (Wildman–Crippen LogP) is 4.95. The Labute approximate surface area is 205 Å². The summed E-state index contributed by atoms with van der Waals surface area (Å²) in [5, 5.41) is 14.3. The number of nitrogens with zero attached hydrogens (tertiary/aromatic N) is 5. The maximum absolute atomic E-state index is 12.4. The molecule has 180 valence electrons. The number of carbonyl (C=O) groups excluding carboxylic acids is 1. The number of anilines is 2. The minimum Gasteiger partial charge on any atom is -0.493 e. The molecule has 0 aromatic carbocycles. The molecule has 5 rings (SSSR count). The molecular formula is C24H25N7O3S. The van der Waals surface area contributed by atoms with Crippen LogP contribution < -0.4 is 5.32 Å². The molecule has 0 spiro atoms. The van der Waals surface area contributed by atoms with Gasteiger partial charge in [-0.05, 0) is 44.9 Å². The van der Waals surface area contributed by atoms with Gasteiger partial charge in [0.2, 0.25) is 5.88 Å². The molecule has 1 amide bonds. The van der Waals surface area contributed by atoms with Gasteiger partial charge in [-0.15, -0.1) is 11.3 Å². The first kappa shape index (κ1) is 22.8. The molecule has 0 fully saturated rings. The highest BCUT2D eigenvalue weighted by Crippen LogP contribution is 2.34. The SMILES string of the molecule is CC(C)(C)OC(=O)N1CC=C(c2cc3c(Nc4cnc(O)c(-c5cncs5)c4)ncnc3[nH]2)CC1. The fraction of sp³-hybridized carbons (Fsp3) is 0.292. The van der Waals surface area contributed by atoms with E-state index in [1.807, 2.05) is 39.0 Å². The van der Waals surface area contributed by atoms with Crippen LogP contribution in [0.4, 0.5) is 16.3 Å². The summed E-state index contributed by atoms with van der Waals surface area (Å²) in [7, 11) is 0. The average molecular weight is 492 g/mol. The zero-order valence-electron chi connectivity index (χ0n) is 19.6. The van der Waals surface area contributed by atoms with Gasteiger partial charge in [-0.1, -0.05) is 6.08 Å². The van der Waals surface area contributed by atoms with Gasteiger partial charge in [0.05, 0.1) is 33.2 Å². The molecule has 0 bridgehead atoms. The number of carbonyl (C=O) groups is 1. The molecular weight excluding hydrogens is 466 g/mol. The molecule has 0 saturated carbocycles. The highest BCUT2D eigenvalue weighted by Gasteiger charge is 2.24. The van der Waals surface area contributed by atoms with Crippen LogP contribution in [-0.4, -0.2) is 59.7 Å². The summed E-state index contributed by atoms with van der Waals surface area (Å²) in [6.07, 6.45) is 7.15. The second kappa shape index (κ2) is 8.99. The molecule has 0 aliphatic carbocycles. The van der Waals surface area contributed by atoms with Crippen LogP contribution in [0.1, 0.15) is 32.9 Å². The Kier molecular flexibility index (Phi) is 5.85. The second-order valence-electron chi connectivity index (χ2n) is 9.16. The van der Waals surface area contributed by atoms with Crippen LogP contribution in [0.2, 0.25) is 0 Å². The third-order valence-electron chi connectivity index (χ3n) is 5.46. The van der Waals surface area contributed by atoms with Crippen LogP contribution in [-0.2, 0) is 4.74 Å². The van der Waals surface area contributed by atoms with Gasteiger partial charge in [-0.2, -0.15) is 0 Å². The van der Waals surface area contributed by atoms with Crippen LogP contribution in [0.5, 0.6) is 5.88 Å². The smallest absolute Gasteiger partial charge is 0.410 e. The van der Waals surface area contributed by atoms with Crippen molar-refractivity contribution in [1.29, 1.82) is 0 Å². The lowest BCUT2D eigenvalue weighted by Crippen LogP contribution is -2.39. The number of amides is 1. The van der Waals surface area contributed by atoms with E-state index in [0.717, 1.165) is 21.5 Å². The van der Waals surface area contributed by atoms with Crippen LogP contribution in [0, 0.1) is 0 Å². The molecule has 11 heteroatoms. The van der Waals surface area contributed by atoms with E-state index >= 15 is 0 Å². The first-order chi connectivity index (χ1) is 16.8. The number of aromatic nitrogens is 5. The van der Waals surface area contributed by atoms with E-state index in [9.17, 15) is 9.90 Å². The minimum absolute atomic E-state index is 0.0544. The first-order valence-electron chi connectivity index (χ1n) is 11.1. The summed E-state index contributed by atoms with van der Waals surface area (Å²) in [5.74, 6) is 0.563. The van der Waals surface area contributed by atoms with Gasteiger partial charge in [0.25, 0.3) is 0 Å². The predicted molar refractivity (Wildman–Crippen MR) is 135 cm³/mol. The van der Waals surface area contributed by atoms with Crippen molar-refractivity contribution in [3.8, 4) is 16.3 Å². The maximum Gasteiger partial charge on any atom is 0.410 e. The Morgan fingerprint density at radius 2 is 2.09 bits per heavy atom. The van der Waals surface area contributed by atoms with Gasteiger partial charge >= 0.3 is 6.09 Å². The van der Waals surface area contributed by atoms with E-state index in [-0.39, 0.29) is 12.0 Å². The van der Waals surface area contributed by atoms with Crippen molar-refractivity contribution in [3.63, 3.8) is 0 Å². The molecule has 0 unspecified atom stereocenters. The molecule has 3 N–H and O–H groups in total. The number of hydrogen-bond acceptors (Lipinski definition) is 9. The number of thiazole rings is 1. The number of fused-ring (bicyclic) bond motifs is 1. The summed E-state index contributed by atoms with van der Waals surface area (Å²) in [5.41, 5.74) is 5.20. The number of aromatic hydroxyl groups is 1. The van der Waals surface area contributed by atoms with E-state index in [0.29, 0.717) is 42.2 Å². The van der Waals surface area contributed by atoms with Crippen LogP contribution in [0.3, 0.4) is 0 Å².